The van der Waals surface area contributed by atoms with Gasteiger partial charge in [-0.15, -0.1) is 0 Å². The molecule has 2 fully saturated rings. The van der Waals surface area contributed by atoms with Crippen LogP contribution in [0.4, 0.5) is 4.79 Å². The molecule has 7 heteroatoms. The number of hydrogen-bond acceptors (Lipinski definition) is 4. The number of alkyl carbamates (subject to hydrolysis) is 1. The van der Waals surface area contributed by atoms with E-state index < -0.39 is 18.1 Å². The maximum atomic E-state index is 13.3. The molecule has 0 aromatic heterocycles. The minimum Gasteiger partial charge on any atom is -0.481 e. The van der Waals surface area contributed by atoms with Crippen LogP contribution in [-0.4, -0.2) is 53.7 Å². The molecule has 2 aromatic rings. The number of hydrogen-bond donors (Lipinski definition) is 2. The number of carboxylic acids is 1. The van der Waals surface area contributed by atoms with Crippen LogP contribution in [0.1, 0.15) is 55.6 Å². The molecule has 184 valence electrons. The summed E-state index contributed by atoms with van der Waals surface area (Å²) in [5.41, 5.74) is 4.50. The normalized spacial score (nSPS) is 21.5. The Kier molecular flexibility index (Phi) is 6.75. The molecule has 1 heterocycles. The predicted molar refractivity (Wildman–Crippen MR) is 131 cm³/mol. The van der Waals surface area contributed by atoms with Crippen molar-refractivity contribution in [3.8, 4) is 11.1 Å². The number of likely N-dealkylation sites (tertiary alicyclic amines) is 1. The first-order valence-electron chi connectivity index (χ1n) is 12.6. The molecule has 2 amide bonds. The molecule has 1 saturated heterocycles. The molecular weight excluding hydrogens is 444 g/mol. The summed E-state index contributed by atoms with van der Waals surface area (Å²) in [4.78, 5) is 39.2. The van der Waals surface area contributed by atoms with Crippen molar-refractivity contribution in [1.29, 1.82) is 0 Å². The molecule has 0 radical (unpaired) electrons. The van der Waals surface area contributed by atoms with Gasteiger partial charge in [0, 0.05) is 25.4 Å². The van der Waals surface area contributed by atoms with E-state index in [9.17, 15) is 19.5 Å². The Labute approximate surface area is 205 Å². The highest BCUT2D eigenvalue weighted by atomic mass is 16.5. The first kappa shape index (κ1) is 23.4. The highest BCUT2D eigenvalue weighted by Gasteiger charge is 2.35. The van der Waals surface area contributed by atoms with Gasteiger partial charge in [-0.1, -0.05) is 55.0 Å². The van der Waals surface area contributed by atoms with Crippen molar-refractivity contribution in [2.45, 2.75) is 50.5 Å². The summed E-state index contributed by atoms with van der Waals surface area (Å²) >= 11 is 0. The van der Waals surface area contributed by atoms with E-state index in [0.717, 1.165) is 41.5 Å². The molecule has 2 N–H and O–H groups in total. The summed E-state index contributed by atoms with van der Waals surface area (Å²) in [7, 11) is 0. The van der Waals surface area contributed by atoms with Crippen LogP contribution in [0.25, 0.3) is 11.1 Å². The van der Waals surface area contributed by atoms with Gasteiger partial charge >= 0.3 is 12.1 Å². The fraction of sp³-hybridized carbons (Fsp3) is 0.464. The van der Waals surface area contributed by atoms with Gasteiger partial charge in [-0.25, -0.2) is 4.79 Å². The third-order valence-electron chi connectivity index (χ3n) is 7.83. The standard InChI is InChI=1S/C28H32N2O5/c31-26(32)12-11-25(27(33)30-14-13-18-9-10-19(15-18)16-30)29-28(34)35-17-24-22-7-3-1-5-20(22)21-6-2-4-8-23(21)24/h1-8,18-19,24-25H,9-17H2,(H,29,34)(H,31,32). The summed E-state index contributed by atoms with van der Waals surface area (Å²) in [5, 5.41) is 11.9. The molecule has 3 unspecified atom stereocenters. The van der Waals surface area contributed by atoms with Gasteiger partial charge in [0.15, 0.2) is 0 Å². The lowest BCUT2D eigenvalue weighted by molar-refractivity contribution is -0.138. The number of rotatable bonds is 7. The lowest BCUT2D eigenvalue weighted by atomic mass is 9.98. The van der Waals surface area contributed by atoms with E-state index in [1.807, 2.05) is 41.3 Å². The molecule has 7 nitrogen and oxygen atoms in total. The van der Waals surface area contributed by atoms with Gasteiger partial charge < -0.3 is 20.1 Å². The van der Waals surface area contributed by atoms with Crippen molar-refractivity contribution in [2.24, 2.45) is 11.8 Å². The fourth-order valence-electron chi connectivity index (χ4n) is 6.08. The van der Waals surface area contributed by atoms with E-state index in [-0.39, 0.29) is 31.3 Å². The zero-order chi connectivity index (χ0) is 24.4. The number of ether oxygens (including phenoxy) is 1. The molecule has 1 aliphatic heterocycles. The largest absolute Gasteiger partial charge is 0.481 e. The van der Waals surface area contributed by atoms with Crippen molar-refractivity contribution in [3.05, 3.63) is 59.7 Å². The molecule has 5 rings (SSSR count). The second-order valence-electron chi connectivity index (χ2n) is 10.1. The van der Waals surface area contributed by atoms with Crippen LogP contribution in [0.3, 0.4) is 0 Å². The van der Waals surface area contributed by atoms with Gasteiger partial charge in [-0.3, -0.25) is 9.59 Å². The van der Waals surface area contributed by atoms with Crippen LogP contribution >= 0.6 is 0 Å². The first-order chi connectivity index (χ1) is 17.0. The van der Waals surface area contributed by atoms with E-state index in [2.05, 4.69) is 17.4 Å². The second-order valence-corrected chi connectivity index (χ2v) is 10.1. The molecule has 2 aliphatic carbocycles. The van der Waals surface area contributed by atoms with Crippen molar-refractivity contribution in [1.82, 2.24) is 10.2 Å². The van der Waals surface area contributed by atoms with E-state index >= 15 is 0 Å². The number of fused-ring (bicyclic) bond motifs is 5. The van der Waals surface area contributed by atoms with Crippen LogP contribution in [0, 0.1) is 11.8 Å². The lowest BCUT2D eigenvalue weighted by Gasteiger charge is -2.29. The molecule has 0 spiro atoms. The van der Waals surface area contributed by atoms with Gasteiger partial charge in [0.25, 0.3) is 0 Å². The van der Waals surface area contributed by atoms with E-state index in [0.29, 0.717) is 24.9 Å². The third-order valence-corrected chi connectivity index (χ3v) is 7.83. The van der Waals surface area contributed by atoms with E-state index in [1.54, 1.807) is 0 Å². The van der Waals surface area contributed by atoms with Crippen LogP contribution < -0.4 is 5.32 Å². The topological polar surface area (TPSA) is 95.9 Å². The lowest BCUT2D eigenvalue weighted by Crippen LogP contribution is -2.50. The summed E-state index contributed by atoms with van der Waals surface area (Å²) < 4.78 is 5.62. The predicted octanol–water partition coefficient (Wildman–Crippen LogP) is 4.41. The van der Waals surface area contributed by atoms with Crippen molar-refractivity contribution < 1.29 is 24.2 Å². The SMILES string of the molecule is O=C(O)CCC(NC(=O)OCC1c2ccccc2-c2ccccc21)C(=O)N1CCC2CCC(C2)C1. The van der Waals surface area contributed by atoms with Gasteiger partial charge in [-0.05, 0) is 59.8 Å². The van der Waals surface area contributed by atoms with Gasteiger partial charge in [0.05, 0.1) is 0 Å². The molecule has 1 saturated carbocycles. The number of carbonyl (C=O) groups excluding carboxylic acids is 2. The molecule has 2 aromatic carbocycles. The summed E-state index contributed by atoms with van der Waals surface area (Å²) in [6, 6.07) is 15.3. The van der Waals surface area contributed by atoms with Crippen LogP contribution in [0.2, 0.25) is 0 Å². The van der Waals surface area contributed by atoms with Crippen molar-refractivity contribution in [2.75, 3.05) is 19.7 Å². The maximum absolute atomic E-state index is 13.3. The molecule has 35 heavy (non-hydrogen) atoms. The fourth-order valence-corrected chi connectivity index (χ4v) is 6.08. The Bertz CT molecular complexity index is 1070. The van der Waals surface area contributed by atoms with Crippen LogP contribution in [0.15, 0.2) is 48.5 Å². The average Bonchev–Trinajstić information content (AvgIpc) is 3.36. The highest BCUT2D eigenvalue weighted by Crippen LogP contribution is 2.44. The number of nitrogens with one attached hydrogen (secondary N) is 1. The van der Waals surface area contributed by atoms with Crippen molar-refractivity contribution in [3.63, 3.8) is 0 Å². The number of carbonyl (C=O) groups is 3. The third kappa shape index (κ3) is 5.04. The Morgan fingerprint density at radius 3 is 2.31 bits per heavy atom. The van der Waals surface area contributed by atoms with Gasteiger partial charge in [-0.2, -0.15) is 0 Å². The van der Waals surface area contributed by atoms with Crippen molar-refractivity contribution >= 4 is 18.0 Å². The number of aliphatic carboxylic acids is 1. The zero-order valence-electron chi connectivity index (χ0n) is 19.8. The van der Waals surface area contributed by atoms with Crippen LogP contribution in [-0.2, 0) is 14.3 Å². The monoisotopic (exact) mass is 476 g/mol. The first-order valence-corrected chi connectivity index (χ1v) is 12.6. The Morgan fingerprint density at radius 2 is 1.63 bits per heavy atom. The number of nitrogens with zero attached hydrogens (tertiary/aromatic N) is 1. The summed E-state index contributed by atoms with van der Waals surface area (Å²) in [6.07, 6.45) is 3.65. The number of benzene rings is 2. The Morgan fingerprint density at radius 1 is 0.971 bits per heavy atom. The van der Waals surface area contributed by atoms with E-state index in [1.165, 1.54) is 6.42 Å². The number of amides is 2. The molecule has 3 aliphatic rings. The van der Waals surface area contributed by atoms with Gasteiger partial charge in [0.2, 0.25) is 5.91 Å². The Hall–Kier alpha value is -3.35. The summed E-state index contributed by atoms with van der Waals surface area (Å²) in [5.74, 6) is -0.103. The van der Waals surface area contributed by atoms with E-state index in [4.69, 9.17) is 4.74 Å². The highest BCUT2D eigenvalue weighted by molar-refractivity contribution is 5.86. The minimum absolute atomic E-state index is 0.0446. The molecule has 3 atom stereocenters. The molecule has 2 bridgehead atoms. The smallest absolute Gasteiger partial charge is 0.407 e. The maximum Gasteiger partial charge on any atom is 0.407 e. The quantitative estimate of drug-likeness (QED) is 0.617. The number of carboxylic acid groups (broad SMARTS) is 1. The average molecular weight is 477 g/mol. The second kappa shape index (κ2) is 10.1. The Balaban J connectivity index is 1.25. The van der Waals surface area contributed by atoms with Crippen LogP contribution in [0.5, 0.6) is 0 Å². The molecular formula is C28H32N2O5. The zero-order valence-corrected chi connectivity index (χ0v) is 19.8. The minimum atomic E-state index is -0.993. The van der Waals surface area contributed by atoms with Gasteiger partial charge in [0.1, 0.15) is 12.6 Å². The summed E-state index contributed by atoms with van der Waals surface area (Å²) in [6.45, 7) is 1.49.